The van der Waals surface area contributed by atoms with Crippen LogP contribution in [0.2, 0.25) is 0 Å². The number of benzene rings is 3. The van der Waals surface area contributed by atoms with Gasteiger partial charge in [-0.3, -0.25) is 9.52 Å². The molecule has 0 aliphatic carbocycles. The first-order valence-corrected chi connectivity index (χ1v) is 14.1. The van der Waals surface area contributed by atoms with Gasteiger partial charge in [0.1, 0.15) is 0 Å². The lowest BCUT2D eigenvalue weighted by Crippen LogP contribution is -2.48. The molecule has 1 aliphatic heterocycles. The largest absolute Gasteiger partial charge is 0.345 e. The van der Waals surface area contributed by atoms with E-state index in [0.29, 0.717) is 31.7 Å². The second kappa shape index (κ2) is 9.55. The van der Waals surface area contributed by atoms with Crippen LogP contribution >= 0.6 is 11.3 Å². The molecule has 1 saturated heterocycles. The van der Waals surface area contributed by atoms with E-state index < -0.39 is 10.0 Å². The molecule has 1 amide bonds. The molecular weight excluding hydrogens is 492 g/mol. The third kappa shape index (κ3) is 4.81. The number of sulfonamides is 1. The van der Waals surface area contributed by atoms with Crippen LogP contribution in [0, 0.1) is 20.8 Å². The number of hydrogen-bond acceptors (Lipinski definition) is 6. The molecule has 5 rings (SSSR count). The summed E-state index contributed by atoms with van der Waals surface area (Å²) < 4.78 is 29.7. The summed E-state index contributed by atoms with van der Waals surface area (Å²) in [5, 5.41) is 0.969. The van der Waals surface area contributed by atoms with Gasteiger partial charge in [0.15, 0.2) is 5.13 Å². The second-order valence-electron chi connectivity index (χ2n) is 9.17. The van der Waals surface area contributed by atoms with E-state index in [1.54, 1.807) is 64.8 Å². The van der Waals surface area contributed by atoms with Crippen molar-refractivity contribution in [2.24, 2.45) is 0 Å². The molecule has 1 aliphatic rings. The quantitative estimate of drug-likeness (QED) is 0.401. The number of nitrogens with one attached hydrogen (secondary N) is 1. The minimum absolute atomic E-state index is 0.158. The first-order chi connectivity index (χ1) is 17.2. The van der Waals surface area contributed by atoms with Crippen molar-refractivity contribution in [3.8, 4) is 0 Å². The van der Waals surface area contributed by atoms with Crippen molar-refractivity contribution in [2.75, 3.05) is 35.8 Å². The van der Waals surface area contributed by atoms with Gasteiger partial charge >= 0.3 is 0 Å². The smallest absolute Gasteiger partial charge is 0.261 e. The monoisotopic (exact) mass is 520 g/mol. The maximum Gasteiger partial charge on any atom is 0.261 e. The summed E-state index contributed by atoms with van der Waals surface area (Å²) in [5.41, 5.74) is 5.03. The molecule has 0 saturated carbocycles. The van der Waals surface area contributed by atoms with Gasteiger partial charge in [0.2, 0.25) is 0 Å². The topological polar surface area (TPSA) is 82.6 Å². The van der Waals surface area contributed by atoms with Gasteiger partial charge in [-0.1, -0.05) is 47.2 Å². The molecule has 2 heterocycles. The zero-order valence-corrected chi connectivity index (χ0v) is 22.1. The van der Waals surface area contributed by atoms with Crippen molar-refractivity contribution in [3.63, 3.8) is 0 Å². The zero-order valence-electron chi connectivity index (χ0n) is 20.5. The van der Waals surface area contributed by atoms with Gasteiger partial charge in [0.25, 0.3) is 15.9 Å². The van der Waals surface area contributed by atoms with Crippen LogP contribution in [0.5, 0.6) is 0 Å². The summed E-state index contributed by atoms with van der Waals surface area (Å²) in [4.78, 5) is 22.4. The standard InChI is InChI=1S/C27H28N4O3S2/c1-18-8-10-21(11-9-18)36(33,34)29-23-7-5-4-6-22(23)26(32)30-12-14-31(15-13-30)27-28-24-17-19(2)16-20(3)25(24)35-27/h4-11,16-17,29H,12-15H2,1-3H3. The summed E-state index contributed by atoms with van der Waals surface area (Å²) in [5.74, 6) is -0.187. The number of para-hydroxylation sites is 1. The van der Waals surface area contributed by atoms with Crippen molar-refractivity contribution >= 4 is 48.3 Å². The SMILES string of the molecule is Cc1ccc(S(=O)(=O)Nc2ccccc2C(=O)N2CCN(c3nc4cc(C)cc(C)c4s3)CC2)cc1. The first kappa shape index (κ1) is 24.3. The Labute approximate surface area is 215 Å². The number of anilines is 2. The Hall–Kier alpha value is -3.43. The molecule has 0 spiro atoms. The average molecular weight is 521 g/mol. The van der Waals surface area contributed by atoms with Crippen molar-refractivity contribution < 1.29 is 13.2 Å². The number of fused-ring (bicyclic) bond motifs is 1. The number of thiazole rings is 1. The van der Waals surface area contributed by atoms with Gasteiger partial charge in [-0.2, -0.15) is 0 Å². The molecule has 186 valence electrons. The summed E-state index contributed by atoms with van der Waals surface area (Å²) in [6, 6.07) is 17.7. The third-order valence-corrected chi connectivity index (χ3v) is 9.03. The minimum Gasteiger partial charge on any atom is -0.345 e. The summed E-state index contributed by atoms with van der Waals surface area (Å²) in [7, 11) is -3.82. The van der Waals surface area contributed by atoms with Crippen molar-refractivity contribution in [2.45, 2.75) is 25.7 Å². The van der Waals surface area contributed by atoms with Gasteiger partial charge in [0.05, 0.1) is 26.4 Å². The first-order valence-electron chi connectivity index (χ1n) is 11.8. The summed E-state index contributed by atoms with van der Waals surface area (Å²) in [6.07, 6.45) is 0. The molecule has 0 radical (unpaired) electrons. The molecule has 1 aromatic heterocycles. The number of rotatable bonds is 5. The van der Waals surface area contributed by atoms with E-state index in [1.807, 2.05) is 6.92 Å². The molecule has 9 heteroatoms. The third-order valence-electron chi connectivity index (χ3n) is 6.38. The Morgan fingerprint density at radius 2 is 1.61 bits per heavy atom. The summed E-state index contributed by atoms with van der Waals surface area (Å²) >= 11 is 1.69. The second-order valence-corrected chi connectivity index (χ2v) is 11.8. The van der Waals surface area contributed by atoms with E-state index in [4.69, 9.17) is 4.98 Å². The number of aryl methyl sites for hydroxylation is 3. The van der Waals surface area contributed by atoms with E-state index in [2.05, 4.69) is 35.6 Å². The van der Waals surface area contributed by atoms with E-state index in [1.165, 1.54) is 15.8 Å². The number of aromatic nitrogens is 1. The summed E-state index contributed by atoms with van der Waals surface area (Å²) in [6.45, 7) is 8.49. The Bertz CT molecular complexity index is 1540. The van der Waals surface area contributed by atoms with Crippen LogP contribution in [0.15, 0.2) is 65.6 Å². The van der Waals surface area contributed by atoms with Crippen LogP contribution in [0.3, 0.4) is 0 Å². The van der Waals surface area contributed by atoms with Crippen LogP contribution in [0.25, 0.3) is 10.2 Å². The number of carbonyl (C=O) groups excluding carboxylic acids is 1. The van der Waals surface area contributed by atoms with Crippen LogP contribution in [0.4, 0.5) is 10.8 Å². The molecule has 0 bridgehead atoms. The Kier molecular flexibility index (Phi) is 6.44. The molecule has 3 aromatic carbocycles. The number of amides is 1. The van der Waals surface area contributed by atoms with Gasteiger partial charge < -0.3 is 9.80 Å². The van der Waals surface area contributed by atoms with Crippen LogP contribution in [-0.2, 0) is 10.0 Å². The predicted octanol–water partition coefficient (Wildman–Crippen LogP) is 4.98. The highest BCUT2D eigenvalue weighted by Crippen LogP contribution is 2.33. The van der Waals surface area contributed by atoms with Crippen molar-refractivity contribution in [1.29, 1.82) is 0 Å². The van der Waals surface area contributed by atoms with Crippen LogP contribution in [0.1, 0.15) is 27.0 Å². The molecule has 0 atom stereocenters. The van der Waals surface area contributed by atoms with Crippen LogP contribution < -0.4 is 9.62 Å². The number of carbonyl (C=O) groups is 1. The lowest BCUT2D eigenvalue weighted by atomic mass is 10.1. The predicted molar refractivity (Wildman–Crippen MR) is 146 cm³/mol. The molecular formula is C27H28N4O3S2. The molecule has 1 fully saturated rings. The fraction of sp³-hybridized carbons (Fsp3) is 0.259. The molecule has 36 heavy (non-hydrogen) atoms. The number of hydrogen-bond donors (Lipinski definition) is 1. The van der Waals surface area contributed by atoms with Crippen LogP contribution in [-0.4, -0.2) is 50.4 Å². The van der Waals surface area contributed by atoms with Crippen molar-refractivity contribution in [1.82, 2.24) is 9.88 Å². The van der Waals surface area contributed by atoms with Gasteiger partial charge in [-0.05, 0) is 62.2 Å². The highest BCUT2D eigenvalue weighted by atomic mass is 32.2. The van der Waals surface area contributed by atoms with Crippen molar-refractivity contribution in [3.05, 3.63) is 82.9 Å². The fourth-order valence-electron chi connectivity index (χ4n) is 4.45. The minimum atomic E-state index is -3.82. The molecule has 1 N–H and O–H groups in total. The van der Waals surface area contributed by atoms with Gasteiger partial charge in [-0.15, -0.1) is 0 Å². The van der Waals surface area contributed by atoms with Gasteiger partial charge in [0, 0.05) is 26.2 Å². The fourth-order valence-corrected chi connectivity index (χ4v) is 6.60. The maximum absolute atomic E-state index is 13.4. The van der Waals surface area contributed by atoms with E-state index in [9.17, 15) is 13.2 Å². The Morgan fingerprint density at radius 1 is 0.917 bits per heavy atom. The average Bonchev–Trinajstić information content (AvgIpc) is 3.29. The molecule has 0 unspecified atom stereocenters. The number of nitrogens with zero attached hydrogens (tertiary/aromatic N) is 3. The normalized spacial score (nSPS) is 14.3. The molecule has 4 aromatic rings. The maximum atomic E-state index is 13.4. The lowest BCUT2D eigenvalue weighted by molar-refractivity contribution is 0.0748. The zero-order chi connectivity index (χ0) is 25.4. The Balaban J connectivity index is 1.31. The van der Waals surface area contributed by atoms with Gasteiger partial charge in [-0.25, -0.2) is 13.4 Å². The lowest BCUT2D eigenvalue weighted by Gasteiger charge is -2.34. The Morgan fingerprint density at radius 3 is 2.33 bits per heavy atom. The van der Waals surface area contributed by atoms with E-state index in [-0.39, 0.29) is 16.5 Å². The number of piperazine rings is 1. The highest BCUT2D eigenvalue weighted by molar-refractivity contribution is 7.92. The van der Waals surface area contributed by atoms with E-state index in [0.717, 1.165) is 16.2 Å². The highest BCUT2D eigenvalue weighted by Gasteiger charge is 2.26. The van der Waals surface area contributed by atoms with E-state index >= 15 is 0 Å². The molecule has 7 nitrogen and oxygen atoms in total.